The first-order valence-corrected chi connectivity index (χ1v) is 6.24. The Balaban J connectivity index is 1.95. The van der Waals surface area contributed by atoms with Gasteiger partial charge in [0.25, 0.3) is 0 Å². The summed E-state index contributed by atoms with van der Waals surface area (Å²) in [5.41, 5.74) is 0. The van der Waals surface area contributed by atoms with E-state index in [-0.39, 0.29) is 0 Å². The molecule has 0 aromatic heterocycles. The Kier molecular flexibility index (Phi) is 5.58. The van der Waals surface area contributed by atoms with Gasteiger partial charge in [0.1, 0.15) is 0 Å². The van der Waals surface area contributed by atoms with Gasteiger partial charge in [0, 0.05) is 6.54 Å². The van der Waals surface area contributed by atoms with E-state index in [2.05, 4.69) is 4.72 Å². The van der Waals surface area contributed by atoms with Crippen LogP contribution in [0.1, 0.15) is 44.9 Å². The molecule has 0 amide bonds. The second kappa shape index (κ2) is 6.51. The van der Waals surface area contributed by atoms with Crippen molar-refractivity contribution in [3.05, 3.63) is 0 Å². The largest absolute Gasteiger partial charge is 0.294 e. The minimum atomic E-state index is -1.82. The van der Waals surface area contributed by atoms with E-state index in [9.17, 15) is 4.21 Å². The van der Waals surface area contributed by atoms with Crippen molar-refractivity contribution in [2.45, 2.75) is 44.9 Å². The lowest BCUT2D eigenvalue weighted by Gasteiger charge is -2.21. The highest BCUT2D eigenvalue weighted by Gasteiger charge is 2.12. The lowest BCUT2D eigenvalue weighted by molar-refractivity contribution is 0.332. The number of hydrogen-bond acceptors (Lipinski definition) is 1. The Hall–Kier alpha value is 0.0700. The minimum Gasteiger partial charge on any atom is -0.294 e. The van der Waals surface area contributed by atoms with Gasteiger partial charge in [-0.2, -0.15) is 0 Å². The van der Waals surface area contributed by atoms with Crippen molar-refractivity contribution in [3.8, 4) is 0 Å². The Morgan fingerprint density at radius 2 is 2.00 bits per heavy atom. The summed E-state index contributed by atoms with van der Waals surface area (Å²) in [7, 11) is 0. The lowest BCUT2D eigenvalue weighted by atomic mass is 9.86. The van der Waals surface area contributed by atoms with Gasteiger partial charge >= 0.3 is 0 Å². The average molecular weight is 205 g/mol. The molecule has 78 valence electrons. The highest BCUT2D eigenvalue weighted by Crippen LogP contribution is 2.26. The van der Waals surface area contributed by atoms with Crippen molar-refractivity contribution in [1.29, 1.82) is 0 Å². The van der Waals surface area contributed by atoms with Crippen LogP contribution in [0.2, 0.25) is 0 Å². The lowest BCUT2D eigenvalue weighted by Crippen LogP contribution is -2.18. The van der Waals surface area contributed by atoms with Crippen molar-refractivity contribution in [2.75, 3.05) is 6.54 Å². The molecule has 0 bridgehead atoms. The zero-order valence-electron chi connectivity index (χ0n) is 8.00. The van der Waals surface area contributed by atoms with Crippen molar-refractivity contribution < 1.29 is 8.76 Å². The van der Waals surface area contributed by atoms with Crippen molar-refractivity contribution in [3.63, 3.8) is 0 Å². The molecule has 0 heterocycles. The number of nitrogens with one attached hydrogen (secondary N) is 1. The molecule has 3 nitrogen and oxygen atoms in total. The van der Waals surface area contributed by atoms with Crippen LogP contribution in [-0.2, 0) is 11.3 Å². The van der Waals surface area contributed by atoms with Crippen molar-refractivity contribution in [2.24, 2.45) is 5.92 Å². The average Bonchev–Trinajstić information content (AvgIpc) is 2.14. The van der Waals surface area contributed by atoms with E-state index in [1.165, 1.54) is 38.5 Å². The Morgan fingerprint density at radius 1 is 1.31 bits per heavy atom. The van der Waals surface area contributed by atoms with E-state index in [0.29, 0.717) is 6.54 Å². The van der Waals surface area contributed by atoms with Gasteiger partial charge in [0.15, 0.2) is 0 Å². The molecule has 1 aliphatic carbocycles. The van der Waals surface area contributed by atoms with E-state index in [4.69, 9.17) is 4.55 Å². The van der Waals surface area contributed by atoms with Gasteiger partial charge in [-0.3, -0.25) is 4.55 Å². The van der Waals surface area contributed by atoms with Crippen LogP contribution >= 0.6 is 0 Å². The van der Waals surface area contributed by atoms with Crippen LogP contribution in [0.25, 0.3) is 0 Å². The molecular weight excluding hydrogens is 186 g/mol. The number of hydrogen-bond donors (Lipinski definition) is 2. The quantitative estimate of drug-likeness (QED) is 0.533. The first kappa shape index (κ1) is 11.1. The molecular formula is C9H19NO2S. The molecule has 0 spiro atoms. The predicted molar refractivity (Wildman–Crippen MR) is 54.6 cm³/mol. The summed E-state index contributed by atoms with van der Waals surface area (Å²) in [5, 5.41) is 0. The summed E-state index contributed by atoms with van der Waals surface area (Å²) < 4.78 is 21.2. The third-order valence-electron chi connectivity index (χ3n) is 2.74. The maximum Gasteiger partial charge on any atom is 0.231 e. The van der Waals surface area contributed by atoms with Gasteiger partial charge in [-0.25, -0.2) is 8.93 Å². The van der Waals surface area contributed by atoms with Gasteiger partial charge in [-0.1, -0.05) is 32.1 Å². The Labute approximate surface area is 82.7 Å². The fourth-order valence-corrected chi connectivity index (χ4v) is 2.34. The first-order valence-electron chi connectivity index (χ1n) is 5.13. The van der Waals surface area contributed by atoms with Crippen LogP contribution in [0.4, 0.5) is 0 Å². The van der Waals surface area contributed by atoms with Crippen LogP contribution in [-0.4, -0.2) is 15.3 Å². The van der Waals surface area contributed by atoms with E-state index in [1.54, 1.807) is 0 Å². The molecule has 0 saturated heterocycles. The van der Waals surface area contributed by atoms with Gasteiger partial charge < -0.3 is 0 Å². The van der Waals surface area contributed by atoms with E-state index in [1.807, 2.05) is 0 Å². The maximum absolute atomic E-state index is 10.3. The van der Waals surface area contributed by atoms with Gasteiger partial charge in [-0.05, 0) is 18.8 Å². The second-order valence-electron chi connectivity index (χ2n) is 3.79. The third-order valence-corrected chi connectivity index (χ3v) is 3.19. The highest BCUT2D eigenvalue weighted by atomic mass is 32.2. The summed E-state index contributed by atoms with van der Waals surface area (Å²) in [5.74, 6) is 0.877. The third kappa shape index (κ3) is 5.39. The molecule has 0 aromatic carbocycles. The molecule has 0 radical (unpaired) electrons. The van der Waals surface area contributed by atoms with Crippen molar-refractivity contribution >= 4 is 11.3 Å². The van der Waals surface area contributed by atoms with Gasteiger partial charge in [0.2, 0.25) is 11.3 Å². The molecule has 0 aliphatic heterocycles. The fourth-order valence-electron chi connectivity index (χ4n) is 2.03. The van der Waals surface area contributed by atoms with Gasteiger partial charge in [-0.15, -0.1) is 0 Å². The molecule has 0 aromatic rings. The molecule has 1 fully saturated rings. The summed E-state index contributed by atoms with van der Waals surface area (Å²) in [6.45, 7) is 0.666. The molecule has 1 aliphatic rings. The van der Waals surface area contributed by atoms with Crippen LogP contribution in [0.5, 0.6) is 0 Å². The normalized spacial score (nSPS) is 21.6. The Bertz CT molecular complexity index is 158. The van der Waals surface area contributed by atoms with Gasteiger partial charge in [0.05, 0.1) is 0 Å². The zero-order chi connectivity index (χ0) is 9.52. The molecule has 2 N–H and O–H groups in total. The van der Waals surface area contributed by atoms with Crippen LogP contribution in [0.15, 0.2) is 0 Å². The molecule has 1 rings (SSSR count). The SMILES string of the molecule is O=S(O)NCCCC1CCCCC1. The first-order chi connectivity index (χ1) is 6.29. The smallest absolute Gasteiger partial charge is 0.231 e. The van der Waals surface area contributed by atoms with Crippen molar-refractivity contribution in [1.82, 2.24) is 4.72 Å². The van der Waals surface area contributed by atoms with Crippen LogP contribution in [0, 0.1) is 5.92 Å². The molecule has 1 unspecified atom stereocenters. The maximum atomic E-state index is 10.3. The summed E-state index contributed by atoms with van der Waals surface area (Å²) in [6.07, 6.45) is 9.12. The van der Waals surface area contributed by atoms with E-state index < -0.39 is 11.3 Å². The Morgan fingerprint density at radius 3 is 2.62 bits per heavy atom. The summed E-state index contributed by atoms with van der Waals surface area (Å²) in [6, 6.07) is 0. The van der Waals surface area contributed by atoms with Crippen LogP contribution in [0.3, 0.4) is 0 Å². The summed E-state index contributed by atoms with van der Waals surface area (Å²) >= 11 is -1.82. The predicted octanol–water partition coefficient (Wildman–Crippen LogP) is 2.07. The molecule has 1 atom stereocenters. The fraction of sp³-hybridized carbons (Fsp3) is 1.00. The standard InChI is InChI=1S/C9H19NO2S/c11-13(12)10-8-4-7-9-5-2-1-3-6-9/h9-10H,1-8H2,(H,11,12). The molecule has 1 saturated carbocycles. The minimum absolute atomic E-state index is 0.666. The zero-order valence-corrected chi connectivity index (χ0v) is 8.81. The van der Waals surface area contributed by atoms with E-state index in [0.717, 1.165) is 12.3 Å². The monoisotopic (exact) mass is 205 g/mol. The molecule has 4 heteroatoms. The molecule has 13 heavy (non-hydrogen) atoms. The highest BCUT2D eigenvalue weighted by molar-refractivity contribution is 7.77. The topological polar surface area (TPSA) is 49.3 Å². The second-order valence-corrected chi connectivity index (χ2v) is 4.58. The summed E-state index contributed by atoms with van der Waals surface area (Å²) in [4.78, 5) is 0. The van der Waals surface area contributed by atoms with E-state index >= 15 is 0 Å². The number of rotatable bonds is 5. The van der Waals surface area contributed by atoms with Crippen LogP contribution < -0.4 is 4.72 Å².